The van der Waals surface area contributed by atoms with Gasteiger partial charge in [-0.2, -0.15) is 0 Å². The maximum atomic E-state index is 13.4. The SMILES string of the molecule is Cc1sc(CC(=O)NCc2ccco2)nc1-c1ccc(F)c(F)c1. The number of hydrogen-bond donors (Lipinski definition) is 1. The van der Waals surface area contributed by atoms with E-state index in [1.807, 2.05) is 6.92 Å². The van der Waals surface area contributed by atoms with Gasteiger partial charge in [-0.25, -0.2) is 13.8 Å². The van der Waals surface area contributed by atoms with E-state index >= 15 is 0 Å². The molecule has 0 aliphatic rings. The van der Waals surface area contributed by atoms with Gasteiger partial charge in [0.05, 0.1) is 24.9 Å². The van der Waals surface area contributed by atoms with E-state index in [2.05, 4.69) is 10.3 Å². The molecule has 1 aromatic carbocycles. The number of amides is 1. The van der Waals surface area contributed by atoms with E-state index < -0.39 is 11.6 Å². The van der Waals surface area contributed by atoms with E-state index in [0.29, 0.717) is 28.6 Å². The molecule has 0 unspecified atom stereocenters. The monoisotopic (exact) mass is 348 g/mol. The third-order valence-corrected chi connectivity index (χ3v) is 4.36. The lowest BCUT2D eigenvalue weighted by Crippen LogP contribution is -2.24. The summed E-state index contributed by atoms with van der Waals surface area (Å²) in [6.45, 7) is 2.14. The van der Waals surface area contributed by atoms with Crippen molar-refractivity contribution in [1.82, 2.24) is 10.3 Å². The summed E-state index contributed by atoms with van der Waals surface area (Å²) in [5.41, 5.74) is 1.05. The van der Waals surface area contributed by atoms with Crippen molar-refractivity contribution in [3.8, 4) is 11.3 Å². The second-order valence-electron chi connectivity index (χ2n) is 5.17. The Labute approximate surface area is 141 Å². The molecule has 0 bridgehead atoms. The molecule has 0 spiro atoms. The first kappa shape index (κ1) is 16.3. The van der Waals surface area contributed by atoms with Gasteiger partial charge in [0.1, 0.15) is 10.8 Å². The number of nitrogens with zero attached hydrogens (tertiary/aromatic N) is 1. The topological polar surface area (TPSA) is 55.1 Å². The van der Waals surface area contributed by atoms with Gasteiger partial charge < -0.3 is 9.73 Å². The van der Waals surface area contributed by atoms with Crippen LogP contribution in [0.5, 0.6) is 0 Å². The first-order valence-electron chi connectivity index (χ1n) is 7.23. The Bertz CT molecular complexity index is 860. The van der Waals surface area contributed by atoms with E-state index in [0.717, 1.165) is 17.0 Å². The highest BCUT2D eigenvalue weighted by Gasteiger charge is 2.14. The van der Waals surface area contributed by atoms with Crippen molar-refractivity contribution in [2.75, 3.05) is 0 Å². The molecule has 3 aromatic rings. The third-order valence-electron chi connectivity index (χ3n) is 3.39. The average Bonchev–Trinajstić information content (AvgIpc) is 3.18. The van der Waals surface area contributed by atoms with Gasteiger partial charge in [-0.1, -0.05) is 0 Å². The quantitative estimate of drug-likeness (QED) is 0.762. The van der Waals surface area contributed by atoms with Crippen LogP contribution in [0.25, 0.3) is 11.3 Å². The summed E-state index contributed by atoms with van der Waals surface area (Å²) in [4.78, 5) is 17.2. The normalized spacial score (nSPS) is 10.8. The van der Waals surface area contributed by atoms with E-state index in [9.17, 15) is 13.6 Å². The van der Waals surface area contributed by atoms with Crippen molar-refractivity contribution in [2.45, 2.75) is 19.9 Å². The lowest BCUT2D eigenvalue weighted by atomic mass is 10.1. The van der Waals surface area contributed by atoms with Gasteiger partial charge in [-0.15, -0.1) is 11.3 Å². The minimum absolute atomic E-state index is 0.121. The van der Waals surface area contributed by atoms with Crippen molar-refractivity contribution in [3.63, 3.8) is 0 Å². The van der Waals surface area contributed by atoms with E-state index in [-0.39, 0.29) is 12.3 Å². The molecule has 2 heterocycles. The molecule has 7 heteroatoms. The van der Waals surface area contributed by atoms with E-state index in [1.165, 1.54) is 17.4 Å². The van der Waals surface area contributed by atoms with Crippen LogP contribution in [0.15, 0.2) is 41.0 Å². The number of carbonyl (C=O) groups excluding carboxylic acids is 1. The molecule has 2 aromatic heterocycles. The number of thiazole rings is 1. The van der Waals surface area contributed by atoms with Gasteiger partial charge >= 0.3 is 0 Å². The molecule has 0 aliphatic heterocycles. The van der Waals surface area contributed by atoms with Gasteiger partial charge in [-0.05, 0) is 37.3 Å². The summed E-state index contributed by atoms with van der Waals surface area (Å²) in [6, 6.07) is 7.17. The molecular formula is C17H14F2N2O2S. The highest BCUT2D eigenvalue weighted by molar-refractivity contribution is 7.12. The zero-order valence-electron chi connectivity index (χ0n) is 12.8. The Hall–Kier alpha value is -2.54. The van der Waals surface area contributed by atoms with Crippen molar-refractivity contribution < 1.29 is 18.0 Å². The largest absolute Gasteiger partial charge is 0.467 e. The molecule has 4 nitrogen and oxygen atoms in total. The standard InChI is InChI=1S/C17H14F2N2O2S/c1-10-17(11-4-5-13(18)14(19)7-11)21-16(24-10)8-15(22)20-9-12-3-2-6-23-12/h2-7H,8-9H2,1H3,(H,20,22). The zero-order valence-corrected chi connectivity index (χ0v) is 13.6. The Kier molecular flexibility index (Phi) is 4.71. The zero-order chi connectivity index (χ0) is 17.1. The summed E-state index contributed by atoms with van der Waals surface area (Å²) in [6.07, 6.45) is 1.66. The minimum atomic E-state index is -0.919. The van der Waals surface area contributed by atoms with Crippen molar-refractivity contribution in [3.05, 3.63) is 63.9 Å². The Morgan fingerprint density at radius 2 is 2.12 bits per heavy atom. The van der Waals surface area contributed by atoms with E-state index in [4.69, 9.17) is 4.42 Å². The maximum absolute atomic E-state index is 13.4. The van der Waals surface area contributed by atoms with Crippen LogP contribution in [0, 0.1) is 18.6 Å². The van der Waals surface area contributed by atoms with Gasteiger partial charge in [0, 0.05) is 10.4 Å². The molecule has 24 heavy (non-hydrogen) atoms. The molecule has 0 atom stereocenters. The lowest BCUT2D eigenvalue weighted by Gasteiger charge is -2.01. The number of halogens is 2. The molecule has 0 saturated heterocycles. The molecule has 3 rings (SSSR count). The summed E-state index contributed by atoms with van der Waals surface area (Å²) in [7, 11) is 0. The summed E-state index contributed by atoms with van der Waals surface area (Å²) >= 11 is 1.36. The van der Waals surface area contributed by atoms with E-state index in [1.54, 1.807) is 18.4 Å². The first-order chi connectivity index (χ1) is 11.5. The minimum Gasteiger partial charge on any atom is -0.467 e. The number of aryl methyl sites for hydroxylation is 1. The maximum Gasteiger partial charge on any atom is 0.227 e. The molecule has 0 aliphatic carbocycles. The van der Waals surface area contributed by atoms with Crippen LogP contribution < -0.4 is 5.32 Å². The van der Waals surface area contributed by atoms with Gasteiger partial charge in [0.15, 0.2) is 11.6 Å². The summed E-state index contributed by atoms with van der Waals surface area (Å²) < 4.78 is 31.6. The highest BCUT2D eigenvalue weighted by Crippen LogP contribution is 2.28. The van der Waals surface area contributed by atoms with Crippen LogP contribution in [0.4, 0.5) is 8.78 Å². The van der Waals surface area contributed by atoms with Crippen molar-refractivity contribution >= 4 is 17.2 Å². The molecule has 124 valence electrons. The van der Waals surface area contributed by atoms with Crippen molar-refractivity contribution in [2.24, 2.45) is 0 Å². The second-order valence-corrected chi connectivity index (χ2v) is 6.46. The number of aromatic nitrogens is 1. The summed E-state index contributed by atoms with van der Waals surface area (Å²) in [5.74, 6) is -1.33. The number of nitrogens with one attached hydrogen (secondary N) is 1. The molecule has 1 amide bonds. The second kappa shape index (κ2) is 6.92. The summed E-state index contributed by atoms with van der Waals surface area (Å²) in [5, 5.41) is 3.36. The fraction of sp³-hybridized carbons (Fsp3) is 0.176. The Morgan fingerprint density at radius 1 is 1.29 bits per heavy atom. The third kappa shape index (κ3) is 3.68. The predicted octanol–water partition coefficient (Wildman–Crippen LogP) is 3.85. The molecule has 0 fully saturated rings. The van der Waals surface area contributed by atoms with Crippen LogP contribution in [-0.2, 0) is 17.8 Å². The Balaban J connectivity index is 1.69. The number of benzene rings is 1. The van der Waals surface area contributed by atoms with Crippen LogP contribution in [-0.4, -0.2) is 10.9 Å². The van der Waals surface area contributed by atoms with Crippen LogP contribution in [0.3, 0.4) is 0 Å². The number of carbonyl (C=O) groups is 1. The average molecular weight is 348 g/mol. The molecule has 1 N–H and O–H groups in total. The van der Waals surface area contributed by atoms with Crippen LogP contribution in [0.1, 0.15) is 15.6 Å². The molecule has 0 saturated carbocycles. The van der Waals surface area contributed by atoms with Crippen LogP contribution in [0.2, 0.25) is 0 Å². The number of hydrogen-bond acceptors (Lipinski definition) is 4. The Morgan fingerprint density at radius 3 is 2.83 bits per heavy atom. The van der Waals surface area contributed by atoms with Gasteiger partial charge in [-0.3, -0.25) is 4.79 Å². The highest BCUT2D eigenvalue weighted by atomic mass is 32.1. The smallest absolute Gasteiger partial charge is 0.227 e. The fourth-order valence-corrected chi connectivity index (χ4v) is 3.19. The number of furan rings is 1. The van der Waals surface area contributed by atoms with Crippen LogP contribution >= 0.6 is 11.3 Å². The molecular weight excluding hydrogens is 334 g/mol. The van der Waals surface area contributed by atoms with Crippen molar-refractivity contribution in [1.29, 1.82) is 0 Å². The first-order valence-corrected chi connectivity index (χ1v) is 8.05. The predicted molar refractivity (Wildman–Crippen MR) is 86.5 cm³/mol. The van der Waals surface area contributed by atoms with Gasteiger partial charge in [0.25, 0.3) is 0 Å². The number of rotatable bonds is 5. The fourth-order valence-electron chi connectivity index (χ4n) is 2.24. The lowest BCUT2D eigenvalue weighted by molar-refractivity contribution is -0.120. The van der Waals surface area contributed by atoms with Gasteiger partial charge in [0.2, 0.25) is 5.91 Å². The molecule has 0 radical (unpaired) electrons.